The minimum atomic E-state index is 0.363. The van der Waals surface area contributed by atoms with Crippen LogP contribution in [0, 0.1) is 0 Å². The Morgan fingerprint density at radius 3 is 2.95 bits per heavy atom. The van der Waals surface area contributed by atoms with Gasteiger partial charge in [0.15, 0.2) is 0 Å². The molecule has 0 radical (unpaired) electrons. The summed E-state index contributed by atoms with van der Waals surface area (Å²) in [6, 6.07) is 4.15. The first-order valence-corrected chi connectivity index (χ1v) is 6.91. The minimum Gasteiger partial charge on any atom is -0.476 e. The molecule has 19 heavy (non-hydrogen) atoms. The molecule has 3 N–H and O–H groups in total. The summed E-state index contributed by atoms with van der Waals surface area (Å²) in [7, 11) is 1.77. The molecule has 0 amide bonds. The van der Waals surface area contributed by atoms with E-state index in [0.29, 0.717) is 30.3 Å². The molecule has 0 bridgehead atoms. The molecule has 5 heteroatoms. The van der Waals surface area contributed by atoms with E-state index in [1.54, 1.807) is 7.11 Å². The van der Waals surface area contributed by atoms with Crippen molar-refractivity contribution in [2.45, 2.75) is 44.8 Å². The predicted octanol–water partition coefficient (Wildman–Crippen LogP) is 2.43. The van der Waals surface area contributed by atoms with Gasteiger partial charge in [0.05, 0.1) is 18.4 Å². The Morgan fingerprint density at radius 1 is 1.42 bits per heavy atom. The highest BCUT2D eigenvalue weighted by Crippen LogP contribution is 2.26. The van der Waals surface area contributed by atoms with E-state index in [1.807, 2.05) is 12.1 Å². The number of nitrogens with one attached hydrogen (secondary N) is 1. The van der Waals surface area contributed by atoms with Crippen LogP contribution < -0.4 is 15.8 Å². The van der Waals surface area contributed by atoms with Crippen LogP contribution in [0.3, 0.4) is 0 Å². The van der Waals surface area contributed by atoms with Crippen molar-refractivity contribution in [3.63, 3.8) is 0 Å². The number of hydrogen-bond donors (Lipinski definition) is 2. The van der Waals surface area contributed by atoms with Gasteiger partial charge in [0, 0.05) is 13.2 Å². The molecule has 0 aromatic carbocycles. The summed E-state index contributed by atoms with van der Waals surface area (Å²) in [5.74, 6) is 1.34. The maximum Gasteiger partial charge on any atom is 0.239 e. The Bertz CT molecular complexity index is 412. The van der Waals surface area contributed by atoms with E-state index in [-0.39, 0.29) is 0 Å². The van der Waals surface area contributed by atoms with Gasteiger partial charge >= 0.3 is 0 Å². The van der Waals surface area contributed by atoms with E-state index < -0.39 is 0 Å². The molecule has 106 valence electrons. The van der Waals surface area contributed by atoms with Gasteiger partial charge in [-0.1, -0.05) is 6.92 Å². The largest absolute Gasteiger partial charge is 0.476 e. The molecule has 0 aliphatic heterocycles. The first-order chi connectivity index (χ1) is 9.22. The number of hydrogen-bond acceptors (Lipinski definition) is 5. The fourth-order valence-electron chi connectivity index (χ4n) is 2.34. The van der Waals surface area contributed by atoms with Gasteiger partial charge in [-0.05, 0) is 37.8 Å². The van der Waals surface area contributed by atoms with Crippen molar-refractivity contribution in [1.82, 2.24) is 4.98 Å². The Hall–Kier alpha value is -1.49. The summed E-state index contributed by atoms with van der Waals surface area (Å²) in [6.45, 7) is 2.69. The van der Waals surface area contributed by atoms with Gasteiger partial charge in [0.25, 0.3) is 0 Å². The van der Waals surface area contributed by atoms with Crippen molar-refractivity contribution < 1.29 is 9.47 Å². The Labute approximate surface area is 114 Å². The molecule has 1 aromatic heterocycles. The van der Waals surface area contributed by atoms with Gasteiger partial charge in [-0.3, -0.25) is 0 Å². The topological polar surface area (TPSA) is 69.4 Å². The summed E-state index contributed by atoms with van der Waals surface area (Å²) >= 11 is 0. The fraction of sp³-hybridized carbons (Fsp3) is 0.643. The van der Waals surface area contributed by atoms with Crippen molar-refractivity contribution in [3.8, 4) is 5.88 Å². The van der Waals surface area contributed by atoms with Crippen LogP contribution >= 0.6 is 0 Å². The number of aromatic nitrogens is 1. The smallest absolute Gasteiger partial charge is 0.239 e. The molecule has 5 nitrogen and oxygen atoms in total. The number of pyridine rings is 1. The van der Waals surface area contributed by atoms with Crippen LogP contribution in [-0.4, -0.2) is 30.8 Å². The molecule has 1 aliphatic carbocycles. The van der Waals surface area contributed by atoms with Crippen LogP contribution in [0.2, 0.25) is 0 Å². The summed E-state index contributed by atoms with van der Waals surface area (Å²) in [5, 5.41) is 3.42. The second-order valence-corrected chi connectivity index (χ2v) is 4.95. The lowest BCUT2D eigenvalue weighted by Gasteiger charge is -2.15. The van der Waals surface area contributed by atoms with Gasteiger partial charge in [-0.25, -0.2) is 0 Å². The number of methoxy groups -OCH3 is 1. The molecule has 1 heterocycles. The molecular formula is C14H23N3O2. The maximum absolute atomic E-state index is 5.85. The monoisotopic (exact) mass is 265 g/mol. The molecule has 0 spiro atoms. The number of nitrogen functional groups attached to an aromatic ring is 1. The molecule has 2 unspecified atom stereocenters. The highest BCUT2D eigenvalue weighted by Gasteiger charge is 2.24. The van der Waals surface area contributed by atoms with Crippen LogP contribution in [0.25, 0.3) is 0 Å². The minimum absolute atomic E-state index is 0.363. The zero-order valence-corrected chi connectivity index (χ0v) is 11.7. The van der Waals surface area contributed by atoms with Gasteiger partial charge in [0.2, 0.25) is 5.88 Å². The number of rotatable bonds is 6. The van der Waals surface area contributed by atoms with E-state index in [9.17, 15) is 0 Å². The summed E-state index contributed by atoms with van der Waals surface area (Å²) < 4.78 is 10.9. The van der Waals surface area contributed by atoms with Crippen LogP contribution in [0.4, 0.5) is 11.5 Å². The Morgan fingerprint density at radius 2 is 2.26 bits per heavy atom. The molecule has 2 atom stereocenters. The predicted molar refractivity (Wildman–Crippen MR) is 76.5 cm³/mol. The lowest BCUT2D eigenvalue weighted by Crippen LogP contribution is -2.18. The zero-order valence-electron chi connectivity index (χ0n) is 11.7. The van der Waals surface area contributed by atoms with E-state index in [4.69, 9.17) is 15.2 Å². The fourth-order valence-corrected chi connectivity index (χ4v) is 2.34. The quantitative estimate of drug-likeness (QED) is 0.826. The SMILES string of the molecule is CCCOc1nc(NC2CCC(OC)C2)ccc1N. The molecule has 1 fully saturated rings. The normalized spacial score (nSPS) is 22.4. The Kier molecular flexibility index (Phi) is 4.85. The lowest BCUT2D eigenvalue weighted by atomic mass is 10.2. The molecule has 1 saturated carbocycles. The third-order valence-corrected chi connectivity index (χ3v) is 3.40. The highest BCUT2D eigenvalue weighted by molar-refractivity contribution is 5.53. The molecule has 1 aromatic rings. The van der Waals surface area contributed by atoms with Crippen LogP contribution in [-0.2, 0) is 4.74 Å². The third kappa shape index (κ3) is 3.73. The van der Waals surface area contributed by atoms with E-state index in [2.05, 4.69) is 17.2 Å². The van der Waals surface area contributed by atoms with Crippen molar-refractivity contribution in [3.05, 3.63) is 12.1 Å². The summed E-state index contributed by atoms with van der Waals surface area (Å²) in [6.07, 6.45) is 4.53. The van der Waals surface area contributed by atoms with E-state index in [0.717, 1.165) is 31.5 Å². The standard InChI is InChI=1S/C14H23N3O2/c1-3-8-19-14-12(15)6-7-13(17-14)16-10-4-5-11(9-10)18-2/h6-7,10-11H,3-5,8-9,15H2,1-2H3,(H,16,17). The van der Waals surface area contributed by atoms with Gasteiger partial charge in [-0.15, -0.1) is 0 Å². The van der Waals surface area contributed by atoms with Crippen molar-refractivity contribution in [2.24, 2.45) is 0 Å². The average molecular weight is 265 g/mol. The van der Waals surface area contributed by atoms with Crippen molar-refractivity contribution in [2.75, 3.05) is 24.8 Å². The van der Waals surface area contributed by atoms with E-state index >= 15 is 0 Å². The van der Waals surface area contributed by atoms with Gasteiger partial charge in [-0.2, -0.15) is 4.98 Å². The highest BCUT2D eigenvalue weighted by atomic mass is 16.5. The Balaban J connectivity index is 1.97. The first kappa shape index (κ1) is 13.9. The van der Waals surface area contributed by atoms with Crippen LogP contribution in [0.15, 0.2) is 12.1 Å². The molecule has 0 saturated heterocycles. The number of ether oxygens (including phenoxy) is 2. The second-order valence-electron chi connectivity index (χ2n) is 4.95. The van der Waals surface area contributed by atoms with Crippen molar-refractivity contribution in [1.29, 1.82) is 0 Å². The molecular weight excluding hydrogens is 242 g/mol. The lowest BCUT2D eigenvalue weighted by molar-refractivity contribution is 0.108. The van der Waals surface area contributed by atoms with Crippen molar-refractivity contribution >= 4 is 11.5 Å². The molecule has 1 aliphatic rings. The first-order valence-electron chi connectivity index (χ1n) is 6.91. The van der Waals surface area contributed by atoms with Crippen LogP contribution in [0.5, 0.6) is 5.88 Å². The third-order valence-electron chi connectivity index (χ3n) is 3.40. The number of nitrogens with zero attached hydrogens (tertiary/aromatic N) is 1. The summed E-state index contributed by atoms with van der Waals surface area (Å²) in [4.78, 5) is 4.43. The van der Waals surface area contributed by atoms with Crippen LogP contribution in [0.1, 0.15) is 32.6 Å². The average Bonchev–Trinajstić information content (AvgIpc) is 2.87. The van der Waals surface area contributed by atoms with Gasteiger partial charge in [0.1, 0.15) is 5.82 Å². The second kappa shape index (κ2) is 6.61. The zero-order chi connectivity index (χ0) is 13.7. The molecule has 2 rings (SSSR count). The van der Waals surface area contributed by atoms with Gasteiger partial charge < -0.3 is 20.5 Å². The summed E-state index contributed by atoms with van der Waals surface area (Å²) in [5.41, 5.74) is 6.43. The van der Waals surface area contributed by atoms with E-state index in [1.165, 1.54) is 0 Å². The number of nitrogens with two attached hydrogens (primary N) is 1. The maximum atomic E-state index is 5.85. The number of anilines is 2.